The lowest BCUT2D eigenvalue weighted by Crippen LogP contribution is -2.22. The number of methoxy groups -OCH3 is 1. The van der Waals surface area contributed by atoms with Gasteiger partial charge in [-0.05, 0) is 36.6 Å². The molecule has 0 heterocycles. The number of amides is 1. The van der Waals surface area contributed by atoms with Crippen LogP contribution in [0.1, 0.15) is 55.5 Å². The van der Waals surface area contributed by atoms with Gasteiger partial charge in [-0.15, -0.1) is 0 Å². The second-order valence-electron chi connectivity index (χ2n) is 5.39. The van der Waals surface area contributed by atoms with Crippen LogP contribution in [-0.2, 0) is 16.1 Å². The molecular formula is C17H25NO4. The molecule has 0 fully saturated rings. The quantitative estimate of drug-likeness (QED) is 0.729. The molecule has 1 aromatic rings. The van der Waals surface area contributed by atoms with Crippen LogP contribution >= 0.6 is 0 Å². The molecule has 0 radical (unpaired) electrons. The number of carbonyl (C=O) groups is 2. The number of carboxylic acids is 1. The second-order valence-corrected chi connectivity index (χ2v) is 5.39. The third-order valence-corrected chi connectivity index (χ3v) is 3.59. The van der Waals surface area contributed by atoms with Crippen LogP contribution in [-0.4, -0.2) is 24.1 Å². The topological polar surface area (TPSA) is 75.6 Å². The van der Waals surface area contributed by atoms with Crippen molar-refractivity contribution in [1.29, 1.82) is 0 Å². The standard InChI is InChI=1S/C17H25NO4/c1-4-6-7-13(5-2)16(19)18-15-9-12(11-22-3)8-14(10-15)17(20)21/h8-10,13H,4-7,11H2,1-3H3,(H,18,19)(H,20,21). The highest BCUT2D eigenvalue weighted by Gasteiger charge is 2.17. The molecule has 1 aromatic carbocycles. The lowest BCUT2D eigenvalue weighted by Gasteiger charge is -2.15. The average molecular weight is 307 g/mol. The summed E-state index contributed by atoms with van der Waals surface area (Å²) >= 11 is 0. The van der Waals surface area contributed by atoms with E-state index in [1.807, 2.05) is 6.92 Å². The SMILES string of the molecule is CCCCC(CC)C(=O)Nc1cc(COC)cc(C(=O)O)c1. The van der Waals surface area contributed by atoms with E-state index in [0.29, 0.717) is 12.3 Å². The van der Waals surface area contributed by atoms with Crippen LogP contribution in [0.25, 0.3) is 0 Å². The Morgan fingerprint density at radius 1 is 1.27 bits per heavy atom. The van der Waals surface area contributed by atoms with Crippen molar-refractivity contribution in [3.8, 4) is 0 Å². The summed E-state index contributed by atoms with van der Waals surface area (Å²) in [5.41, 5.74) is 1.37. The molecule has 5 nitrogen and oxygen atoms in total. The molecule has 1 rings (SSSR count). The number of rotatable bonds is 9. The predicted molar refractivity (Wildman–Crippen MR) is 86.1 cm³/mol. The summed E-state index contributed by atoms with van der Waals surface area (Å²) in [6.07, 6.45) is 3.68. The summed E-state index contributed by atoms with van der Waals surface area (Å²) in [6.45, 7) is 4.39. The Bertz CT molecular complexity index is 513. The minimum atomic E-state index is -1.02. The van der Waals surface area contributed by atoms with Crippen molar-refractivity contribution in [3.05, 3.63) is 29.3 Å². The second kappa shape index (κ2) is 9.20. The van der Waals surface area contributed by atoms with E-state index in [0.717, 1.165) is 31.2 Å². The van der Waals surface area contributed by atoms with E-state index >= 15 is 0 Å². The summed E-state index contributed by atoms with van der Waals surface area (Å²) in [7, 11) is 1.55. The molecule has 0 bridgehead atoms. The molecule has 1 unspecified atom stereocenters. The highest BCUT2D eigenvalue weighted by Crippen LogP contribution is 2.19. The molecule has 0 aromatic heterocycles. The molecule has 122 valence electrons. The van der Waals surface area contributed by atoms with Crippen molar-refractivity contribution in [3.63, 3.8) is 0 Å². The molecule has 0 spiro atoms. The lowest BCUT2D eigenvalue weighted by molar-refractivity contribution is -0.120. The maximum atomic E-state index is 12.3. The fourth-order valence-corrected chi connectivity index (χ4v) is 2.35. The monoisotopic (exact) mass is 307 g/mol. The van der Waals surface area contributed by atoms with Crippen LogP contribution in [0.4, 0.5) is 5.69 Å². The van der Waals surface area contributed by atoms with Gasteiger partial charge in [0, 0.05) is 18.7 Å². The first-order valence-corrected chi connectivity index (χ1v) is 7.68. The third-order valence-electron chi connectivity index (χ3n) is 3.59. The van der Waals surface area contributed by atoms with E-state index in [-0.39, 0.29) is 17.4 Å². The number of ether oxygens (including phenoxy) is 1. The lowest BCUT2D eigenvalue weighted by atomic mass is 9.98. The Balaban J connectivity index is 2.90. The van der Waals surface area contributed by atoms with E-state index in [2.05, 4.69) is 12.2 Å². The molecule has 0 aliphatic rings. The smallest absolute Gasteiger partial charge is 0.335 e. The van der Waals surface area contributed by atoms with E-state index in [4.69, 9.17) is 9.84 Å². The van der Waals surface area contributed by atoms with Crippen LogP contribution < -0.4 is 5.32 Å². The third kappa shape index (κ3) is 5.48. The van der Waals surface area contributed by atoms with Crippen molar-refractivity contribution in [2.75, 3.05) is 12.4 Å². The van der Waals surface area contributed by atoms with Crippen LogP contribution in [0.5, 0.6) is 0 Å². The van der Waals surface area contributed by atoms with Gasteiger partial charge in [0.15, 0.2) is 0 Å². The number of carbonyl (C=O) groups excluding carboxylic acids is 1. The zero-order chi connectivity index (χ0) is 16.5. The fourth-order valence-electron chi connectivity index (χ4n) is 2.35. The van der Waals surface area contributed by atoms with E-state index in [9.17, 15) is 9.59 Å². The van der Waals surface area contributed by atoms with Gasteiger partial charge in [-0.25, -0.2) is 4.79 Å². The molecule has 0 saturated carbocycles. The maximum absolute atomic E-state index is 12.3. The predicted octanol–water partition coefficient (Wildman–Crippen LogP) is 3.69. The van der Waals surface area contributed by atoms with Gasteiger partial charge >= 0.3 is 5.97 Å². The summed E-state index contributed by atoms with van der Waals surface area (Å²) in [6, 6.07) is 4.78. The highest BCUT2D eigenvalue weighted by molar-refractivity contribution is 5.95. The number of nitrogens with one attached hydrogen (secondary N) is 1. The van der Waals surface area contributed by atoms with Gasteiger partial charge in [0.25, 0.3) is 0 Å². The van der Waals surface area contributed by atoms with Crippen molar-refractivity contribution >= 4 is 17.6 Å². The average Bonchev–Trinajstić information content (AvgIpc) is 2.48. The molecule has 0 aliphatic heterocycles. The fraction of sp³-hybridized carbons (Fsp3) is 0.529. The van der Waals surface area contributed by atoms with Gasteiger partial charge < -0.3 is 15.2 Å². The normalized spacial score (nSPS) is 12.0. The molecular weight excluding hydrogens is 282 g/mol. The number of benzene rings is 1. The van der Waals surface area contributed by atoms with Crippen molar-refractivity contribution in [2.45, 2.75) is 46.1 Å². The molecule has 0 saturated heterocycles. The largest absolute Gasteiger partial charge is 0.478 e. The molecule has 5 heteroatoms. The summed E-state index contributed by atoms with van der Waals surface area (Å²) in [5.74, 6) is -1.12. The first-order valence-electron chi connectivity index (χ1n) is 7.68. The Kier molecular flexibility index (Phi) is 7.60. The molecule has 2 N–H and O–H groups in total. The van der Waals surface area contributed by atoms with Crippen molar-refractivity contribution in [1.82, 2.24) is 0 Å². The number of aromatic carboxylic acids is 1. The number of anilines is 1. The van der Waals surface area contributed by atoms with Gasteiger partial charge in [-0.3, -0.25) is 4.79 Å². The summed E-state index contributed by atoms with van der Waals surface area (Å²) in [4.78, 5) is 23.5. The Morgan fingerprint density at radius 3 is 2.55 bits per heavy atom. The van der Waals surface area contributed by atoms with E-state index in [1.54, 1.807) is 19.2 Å². The number of carboxylic acid groups (broad SMARTS) is 1. The van der Waals surface area contributed by atoms with E-state index < -0.39 is 5.97 Å². The highest BCUT2D eigenvalue weighted by atomic mass is 16.5. The van der Waals surface area contributed by atoms with Crippen LogP contribution in [0, 0.1) is 5.92 Å². The van der Waals surface area contributed by atoms with Crippen LogP contribution in [0.2, 0.25) is 0 Å². The zero-order valence-corrected chi connectivity index (χ0v) is 13.5. The van der Waals surface area contributed by atoms with Gasteiger partial charge in [-0.1, -0.05) is 26.7 Å². The van der Waals surface area contributed by atoms with Gasteiger partial charge in [0.2, 0.25) is 5.91 Å². The Labute approximate surface area is 131 Å². The van der Waals surface area contributed by atoms with Crippen molar-refractivity contribution < 1.29 is 19.4 Å². The number of hydrogen-bond acceptors (Lipinski definition) is 3. The molecule has 1 atom stereocenters. The Hall–Kier alpha value is -1.88. The molecule has 0 aliphatic carbocycles. The van der Waals surface area contributed by atoms with Crippen LogP contribution in [0.3, 0.4) is 0 Å². The molecule has 22 heavy (non-hydrogen) atoms. The minimum Gasteiger partial charge on any atom is -0.478 e. The van der Waals surface area contributed by atoms with Crippen molar-refractivity contribution in [2.24, 2.45) is 5.92 Å². The molecule has 1 amide bonds. The zero-order valence-electron chi connectivity index (χ0n) is 13.5. The minimum absolute atomic E-state index is 0.0423. The first-order chi connectivity index (χ1) is 10.5. The maximum Gasteiger partial charge on any atom is 0.335 e. The number of hydrogen-bond donors (Lipinski definition) is 2. The first kappa shape index (κ1) is 18.2. The summed E-state index contributed by atoms with van der Waals surface area (Å²) < 4.78 is 5.04. The van der Waals surface area contributed by atoms with E-state index in [1.165, 1.54) is 6.07 Å². The van der Waals surface area contributed by atoms with Crippen LogP contribution in [0.15, 0.2) is 18.2 Å². The number of unbranched alkanes of at least 4 members (excludes halogenated alkanes) is 1. The summed E-state index contributed by atoms with van der Waals surface area (Å²) in [5, 5.41) is 12.0. The van der Waals surface area contributed by atoms with Gasteiger partial charge in [0.1, 0.15) is 0 Å². The Morgan fingerprint density at radius 2 is 2.00 bits per heavy atom. The van der Waals surface area contributed by atoms with Gasteiger partial charge in [0.05, 0.1) is 12.2 Å². The van der Waals surface area contributed by atoms with Gasteiger partial charge in [-0.2, -0.15) is 0 Å².